The second kappa shape index (κ2) is 8.98. The van der Waals surface area contributed by atoms with Crippen molar-refractivity contribution in [3.8, 4) is 0 Å². The van der Waals surface area contributed by atoms with E-state index in [2.05, 4.69) is 15.5 Å². The molecule has 2 aliphatic rings. The largest absolute Gasteiger partial charge is 0.312 e. The van der Waals surface area contributed by atoms with Gasteiger partial charge in [-0.25, -0.2) is 0 Å². The molecule has 0 spiro atoms. The molecular weight excluding hydrogens is 450 g/mol. The van der Waals surface area contributed by atoms with Crippen LogP contribution in [0, 0.1) is 19.8 Å². The molecule has 174 valence electrons. The molecular formula is C25H25N5O3S. The summed E-state index contributed by atoms with van der Waals surface area (Å²) in [4.78, 5) is 41.3. The number of carbonyl (C=O) groups is 3. The van der Waals surface area contributed by atoms with E-state index in [4.69, 9.17) is 0 Å². The Bertz CT molecular complexity index is 1240. The first-order chi connectivity index (χ1) is 16.4. The lowest BCUT2D eigenvalue weighted by molar-refractivity contribution is -0.122. The molecule has 0 radical (unpaired) electrons. The van der Waals surface area contributed by atoms with E-state index in [1.54, 1.807) is 9.80 Å². The van der Waals surface area contributed by atoms with E-state index in [1.165, 1.54) is 11.3 Å². The van der Waals surface area contributed by atoms with Crippen LogP contribution in [0.4, 0.5) is 16.5 Å². The predicted octanol–water partition coefficient (Wildman–Crippen LogP) is 3.67. The van der Waals surface area contributed by atoms with Crippen LogP contribution in [0.25, 0.3) is 0 Å². The molecule has 2 atom stereocenters. The highest BCUT2D eigenvalue weighted by Gasteiger charge is 2.36. The second-order valence-electron chi connectivity index (χ2n) is 8.92. The topological polar surface area (TPSA) is 95.5 Å². The summed E-state index contributed by atoms with van der Waals surface area (Å²) in [5, 5.41) is 12.3. The number of rotatable bonds is 5. The van der Waals surface area contributed by atoms with Gasteiger partial charge in [0.25, 0.3) is 0 Å². The van der Waals surface area contributed by atoms with Gasteiger partial charge in [-0.3, -0.25) is 14.4 Å². The van der Waals surface area contributed by atoms with Crippen molar-refractivity contribution in [1.29, 1.82) is 0 Å². The summed E-state index contributed by atoms with van der Waals surface area (Å²) < 4.78 is 0. The summed E-state index contributed by atoms with van der Waals surface area (Å²) >= 11 is 1.29. The van der Waals surface area contributed by atoms with Crippen molar-refractivity contribution in [2.45, 2.75) is 32.6 Å². The van der Waals surface area contributed by atoms with Crippen LogP contribution < -0.4 is 15.1 Å². The zero-order valence-corrected chi connectivity index (χ0v) is 19.8. The number of hydrogen-bond acceptors (Lipinski definition) is 6. The van der Waals surface area contributed by atoms with Gasteiger partial charge in [-0.2, -0.15) is 0 Å². The maximum Gasteiger partial charge on any atom is 0.231 e. The van der Waals surface area contributed by atoms with Crippen LogP contribution in [0.15, 0.2) is 48.5 Å². The van der Waals surface area contributed by atoms with E-state index in [1.807, 2.05) is 62.4 Å². The average Bonchev–Trinajstić information content (AvgIpc) is 3.54. The van der Waals surface area contributed by atoms with E-state index in [9.17, 15) is 14.4 Å². The normalized spacial score (nSPS) is 20.3. The Morgan fingerprint density at radius 1 is 0.853 bits per heavy atom. The first-order valence-corrected chi connectivity index (χ1v) is 12.1. The first-order valence-electron chi connectivity index (χ1n) is 11.3. The minimum Gasteiger partial charge on any atom is -0.312 e. The van der Waals surface area contributed by atoms with E-state index < -0.39 is 5.92 Å². The molecule has 2 fully saturated rings. The number of nitrogens with one attached hydrogen (secondary N) is 1. The summed E-state index contributed by atoms with van der Waals surface area (Å²) in [5.41, 5.74) is 3.93. The maximum atomic E-state index is 12.8. The molecule has 3 heterocycles. The molecule has 0 aliphatic carbocycles. The minimum absolute atomic E-state index is 0.0512. The Kier molecular flexibility index (Phi) is 5.87. The van der Waals surface area contributed by atoms with Gasteiger partial charge in [-0.05, 0) is 38.1 Å². The minimum atomic E-state index is -0.453. The van der Waals surface area contributed by atoms with Crippen LogP contribution >= 0.6 is 11.3 Å². The summed E-state index contributed by atoms with van der Waals surface area (Å²) in [6.07, 6.45) is 0.521. The summed E-state index contributed by atoms with van der Waals surface area (Å²) in [6.45, 7) is 4.87. The van der Waals surface area contributed by atoms with Crippen LogP contribution in [0.1, 0.15) is 34.9 Å². The van der Waals surface area contributed by atoms with Crippen LogP contribution in [-0.2, 0) is 14.4 Å². The first kappa shape index (κ1) is 22.2. The van der Waals surface area contributed by atoms with Gasteiger partial charge in [0.05, 0.1) is 5.92 Å². The quantitative estimate of drug-likeness (QED) is 0.608. The van der Waals surface area contributed by atoms with Crippen molar-refractivity contribution in [1.82, 2.24) is 10.2 Å². The average molecular weight is 476 g/mol. The number of anilines is 3. The zero-order chi connectivity index (χ0) is 23.8. The molecule has 2 aliphatic heterocycles. The highest BCUT2D eigenvalue weighted by Crippen LogP contribution is 2.35. The van der Waals surface area contributed by atoms with E-state index in [-0.39, 0.29) is 30.1 Å². The monoisotopic (exact) mass is 475 g/mol. The van der Waals surface area contributed by atoms with E-state index >= 15 is 0 Å². The molecule has 8 nitrogen and oxygen atoms in total. The van der Waals surface area contributed by atoms with Crippen molar-refractivity contribution in [3.05, 3.63) is 64.7 Å². The van der Waals surface area contributed by atoms with E-state index in [0.29, 0.717) is 24.6 Å². The standard InChI is InChI=1S/C25H25N5O3S/c1-15-3-7-19(8-4-15)29-13-17(11-21(29)31)23(33)26-25-28-27-24(34-25)18-12-22(32)30(14-18)20-9-5-16(2)6-10-20/h3-10,17-18H,11-14H2,1-2H3,(H,26,28,33). The molecule has 1 aromatic heterocycles. The molecule has 2 aromatic carbocycles. The molecule has 5 rings (SSSR count). The van der Waals surface area contributed by atoms with Gasteiger partial charge < -0.3 is 15.1 Å². The van der Waals surface area contributed by atoms with Crippen molar-refractivity contribution >= 4 is 45.6 Å². The lowest BCUT2D eigenvalue weighted by atomic mass is 10.1. The molecule has 0 saturated carbocycles. The number of carbonyl (C=O) groups excluding carboxylic acids is 3. The van der Waals surface area contributed by atoms with Gasteiger partial charge in [0.2, 0.25) is 22.9 Å². The predicted molar refractivity (Wildman–Crippen MR) is 131 cm³/mol. The molecule has 2 unspecified atom stereocenters. The Labute approximate surface area is 201 Å². The third-order valence-corrected chi connectivity index (χ3v) is 7.33. The van der Waals surface area contributed by atoms with Crippen molar-refractivity contribution in [3.63, 3.8) is 0 Å². The van der Waals surface area contributed by atoms with E-state index in [0.717, 1.165) is 27.5 Å². The summed E-state index contributed by atoms with van der Waals surface area (Å²) in [5.74, 6) is -0.777. The number of aryl methyl sites for hydroxylation is 2. The van der Waals surface area contributed by atoms with Crippen LogP contribution in [-0.4, -0.2) is 41.0 Å². The van der Waals surface area contributed by atoms with Crippen molar-refractivity contribution < 1.29 is 14.4 Å². The number of aromatic nitrogens is 2. The highest BCUT2D eigenvalue weighted by molar-refractivity contribution is 7.15. The molecule has 1 N–H and O–H groups in total. The van der Waals surface area contributed by atoms with Gasteiger partial charge in [0, 0.05) is 43.2 Å². The molecule has 2 saturated heterocycles. The molecule has 3 amide bonds. The lowest BCUT2D eigenvalue weighted by Crippen LogP contribution is -2.28. The van der Waals surface area contributed by atoms with Crippen LogP contribution in [0.2, 0.25) is 0 Å². The van der Waals surface area contributed by atoms with Gasteiger partial charge in [-0.1, -0.05) is 46.7 Å². The summed E-state index contributed by atoms with van der Waals surface area (Å²) in [7, 11) is 0. The fourth-order valence-electron chi connectivity index (χ4n) is 4.36. The molecule has 0 bridgehead atoms. The van der Waals surface area contributed by atoms with Gasteiger partial charge in [0.15, 0.2) is 0 Å². The smallest absolute Gasteiger partial charge is 0.231 e. The SMILES string of the molecule is Cc1ccc(N2CC(C(=O)Nc3nnc(C4CC(=O)N(c5ccc(C)cc5)C4)s3)CC2=O)cc1. The number of benzene rings is 2. The third-order valence-electron chi connectivity index (χ3n) is 6.33. The Balaban J connectivity index is 1.21. The second-order valence-corrected chi connectivity index (χ2v) is 9.93. The van der Waals surface area contributed by atoms with Gasteiger partial charge in [-0.15, -0.1) is 10.2 Å². The molecule has 9 heteroatoms. The summed E-state index contributed by atoms with van der Waals surface area (Å²) in [6, 6.07) is 15.6. The number of amides is 3. The number of nitrogens with zero attached hydrogens (tertiary/aromatic N) is 4. The Hall–Kier alpha value is -3.59. The molecule has 3 aromatic rings. The van der Waals surface area contributed by atoms with Gasteiger partial charge in [0.1, 0.15) is 5.01 Å². The maximum absolute atomic E-state index is 12.8. The van der Waals surface area contributed by atoms with Crippen LogP contribution in [0.5, 0.6) is 0 Å². The lowest BCUT2D eigenvalue weighted by Gasteiger charge is -2.16. The fraction of sp³-hybridized carbons (Fsp3) is 0.320. The molecule has 34 heavy (non-hydrogen) atoms. The van der Waals surface area contributed by atoms with Crippen LogP contribution in [0.3, 0.4) is 0 Å². The highest BCUT2D eigenvalue weighted by atomic mass is 32.1. The van der Waals surface area contributed by atoms with Crippen molar-refractivity contribution in [2.24, 2.45) is 5.92 Å². The zero-order valence-electron chi connectivity index (χ0n) is 19.0. The Morgan fingerprint density at radius 2 is 1.41 bits per heavy atom. The van der Waals surface area contributed by atoms with Gasteiger partial charge >= 0.3 is 0 Å². The van der Waals surface area contributed by atoms with Crippen molar-refractivity contribution in [2.75, 3.05) is 28.2 Å². The third kappa shape index (κ3) is 4.43. The Morgan fingerprint density at radius 3 is 2.03 bits per heavy atom. The number of hydrogen-bond donors (Lipinski definition) is 1. The fourth-order valence-corrected chi connectivity index (χ4v) is 5.20.